The van der Waals surface area contributed by atoms with E-state index in [1.54, 1.807) is 42.5 Å². The maximum absolute atomic E-state index is 13.0. The van der Waals surface area contributed by atoms with Crippen molar-refractivity contribution in [1.29, 1.82) is 0 Å². The predicted molar refractivity (Wildman–Crippen MR) is 120 cm³/mol. The van der Waals surface area contributed by atoms with Crippen molar-refractivity contribution in [3.63, 3.8) is 0 Å². The third-order valence-electron chi connectivity index (χ3n) is 4.76. The average molecular weight is 513 g/mol. The van der Waals surface area contributed by atoms with Gasteiger partial charge in [-0.05, 0) is 35.9 Å². The van der Waals surface area contributed by atoms with E-state index >= 15 is 0 Å². The van der Waals surface area contributed by atoms with Crippen LogP contribution in [0.3, 0.4) is 0 Å². The molecule has 0 aliphatic carbocycles. The molecule has 1 amide bonds. The number of amides is 1. The Morgan fingerprint density at radius 3 is 2.17 bits per heavy atom. The lowest BCUT2D eigenvalue weighted by Crippen LogP contribution is -2.29. The van der Waals surface area contributed by atoms with Gasteiger partial charge in [0.05, 0.1) is 11.6 Å². The Kier molecular flexibility index (Phi) is 5.39. The molecule has 1 atom stereocenters. The normalized spacial score (nSPS) is 18.3. The van der Waals surface area contributed by atoms with E-state index in [4.69, 9.17) is 0 Å². The van der Waals surface area contributed by atoms with Gasteiger partial charge in [0, 0.05) is 20.2 Å². The fourth-order valence-electron chi connectivity index (χ4n) is 3.44. The molecule has 0 spiro atoms. The summed E-state index contributed by atoms with van der Waals surface area (Å²) in [7, 11) is 0. The second-order valence-corrected chi connectivity index (χ2v) is 8.40. The molecule has 3 aromatic carbocycles. The number of aliphatic hydroxyl groups excluding tert-OH is 1. The molecule has 1 unspecified atom stereocenters. The van der Waals surface area contributed by atoms with Crippen LogP contribution in [-0.2, 0) is 9.59 Å². The number of hydrogen-bond acceptors (Lipinski definition) is 3. The second kappa shape index (κ2) is 7.97. The van der Waals surface area contributed by atoms with Crippen LogP contribution in [0.4, 0.5) is 5.69 Å². The first-order chi connectivity index (χ1) is 14.0. The molecule has 1 fully saturated rings. The Hall–Kier alpha value is -2.70. The van der Waals surface area contributed by atoms with Crippen molar-refractivity contribution in [2.75, 3.05) is 4.90 Å². The van der Waals surface area contributed by atoms with Crippen LogP contribution < -0.4 is 4.90 Å². The number of carbonyl (C=O) groups is 2. The van der Waals surface area contributed by atoms with Gasteiger partial charge < -0.3 is 5.11 Å². The fourth-order valence-corrected chi connectivity index (χ4v) is 4.09. The summed E-state index contributed by atoms with van der Waals surface area (Å²) < 4.78 is 1.64. The van der Waals surface area contributed by atoms with Crippen molar-refractivity contribution in [2.24, 2.45) is 0 Å². The molecule has 1 aliphatic heterocycles. The zero-order valence-electron chi connectivity index (χ0n) is 15.0. The summed E-state index contributed by atoms with van der Waals surface area (Å²) in [6.07, 6.45) is 0. The van der Waals surface area contributed by atoms with Crippen LogP contribution in [0.1, 0.15) is 17.2 Å². The van der Waals surface area contributed by atoms with Crippen molar-refractivity contribution in [1.82, 2.24) is 0 Å². The Balaban J connectivity index is 1.94. The van der Waals surface area contributed by atoms with E-state index < -0.39 is 17.7 Å². The number of nitrogens with zero attached hydrogens (tertiary/aromatic N) is 1. The zero-order chi connectivity index (χ0) is 20.5. The van der Waals surface area contributed by atoms with Crippen molar-refractivity contribution in [2.45, 2.75) is 6.04 Å². The average Bonchev–Trinajstić information content (AvgIpc) is 2.99. The molecule has 29 heavy (non-hydrogen) atoms. The van der Waals surface area contributed by atoms with E-state index in [1.165, 1.54) is 4.90 Å². The summed E-state index contributed by atoms with van der Waals surface area (Å²) in [5, 5.41) is 11.0. The molecule has 0 radical (unpaired) electrons. The summed E-state index contributed by atoms with van der Waals surface area (Å²) in [5.74, 6) is -1.57. The third-order valence-corrected chi connectivity index (χ3v) is 5.79. The van der Waals surface area contributed by atoms with Gasteiger partial charge in [-0.15, -0.1) is 0 Å². The molecule has 1 heterocycles. The van der Waals surface area contributed by atoms with Gasteiger partial charge in [0.2, 0.25) is 0 Å². The molecule has 4 rings (SSSR count). The van der Waals surface area contributed by atoms with Gasteiger partial charge in [-0.25, -0.2) is 0 Å². The van der Waals surface area contributed by atoms with Crippen LogP contribution in [0.2, 0.25) is 0 Å². The molecule has 0 bridgehead atoms. The second-order valence-electron chi connectivity index (χ2n) is 6.57. The third kappa shape index (κ3) is 3.66. The van der Waals surface area contributed by atoms with Gasteiger partial charge in [0.1, 0.15) is 5.76 Å². The number of halogens is 2. The summed E-state index contributed by atoms with van der Waals surface area (Å²) in [6.45, 7) is 0. The Bertz CT molecular complexity index is 1120. The standard InChI is InChI=1S/C23H15Br2NO3/c24-16-11-9-15(10-12-16)21(27)19-20(14-5-2-1-3-6-14)26(23(29)22(19)28)18-8-4-7-17(25)13-18/h1-13,20,27H/b21-19+. The first-order valence-corrected chi connectivity index (χ1v) is 10.4. The van der Waals surface area contributed by atoms with E-state index in [9.17, 15) is 14.7 Å². The molecule has 4 nitrogen and oxygen atoms in total. The lowest BCUT2D eigenvalue weighted by atomic mass is 9.95. The lowest BCUT2D eigenvalue weighted by molar-refractivity contribution is -0.132. The van der Waals surface area contributed by atoms with Gasteiger partial charge in [0.25, 0.3) is 11.7 Å². The Morgan fingerprint density at radius 2 is 1.52 bits per heavy atom. The van der Waals surface area contributed by atoms with Crippen LogP contribution in [-0.4, -0.2) is 16.8 Å². The van der Waals surface area contributed by atoms with Gasteiger partial charge in [-0.2, -0.15) is 0 Å². The number of hydrogen-bond donors (Lipinski definition) is 1. The number of benzene rings is 3. The summed E-state index contributed by atoms with van der Waals surface area (Å²) in [5.41, 5.74) is 1.86. The van der Waals surface area contributed by atoms with E-state index in [1.807, 2.05) is 36.4 Å². The number of anilines is 1. The van der Waals surface area contributed by atoms with Crippen LogP contribution in [0, 0.1) is 0 Å². The Labute approximate surface area is 184 Å². The van der Waals surface area contributed by atoms with Gasteiger partial charge in [0.15, 0.2) is 0 Å². The van der Waals surface area contributed by atoms with Crippen molar-refractivity contribution in [3.8, 4) is 0 Å². The molecule has 1 N–H and O–H groups in total. The van der Waals surface area contributed by atoms with E-state index in [0.29, 0.717) is 11.3 Å². The Morgan fingerprint density at radius 1 is 0.828 bits per heavy atom. The number of ketones is 1. The van der Waals surface area contributed by atoms with Crippen molar-refractivity contribution < 1.29 is 14.7 Å². The molecule has 0 saturated carbocycles. The predicted octanol–water partition coefficient (Wildman–Crippen LogP) is 5.84. The number of rotatable bonds is 3. The van der Waals surface area contributed by atoms with E-state index in [0.717, 1.165) is 14.5 Å². The van der Waals surface area contributed by atoms with Crippen molar-refractivity contribution in [3.05, 3.63) is 105 Å². The highest BCUT2D eigenvalue weighted by molar-refractivity contribution is 9.10. The van der Waals surface area contributed by atoms with Crippen LogP contribution in [0.25, 0.3) is 5.76 Å². The maximum atomic E-state index is 13.0. The minimum absolute atomic E-state index is 0.0727. The zero-order valence-corrected chi connectivity index (χ0v) is 18.2. The maximum Gasteiger partial charge on any atom is 0.300 e. The number of carbonyl (C=O) groups excluding carboxylic acids is 2. The molecule has 6 heteroatoms. The highest BCUT2D eigenvalue weighted by atomic mass is 79.9. The molecule has 144 valence electrons. The number of aliphatic hydroxyl groups is 1. The van der Waals surface area contributed by atoms with E-state index in [-0.39, 0.29) is 11.3 Å². The smallest absolute Gasteiger partial charge is 0.300 e. The molecular weight excluding hydrogens is 498 g/mol. The highest BCUT2D eigenvalue weighted by Gasteiger charge is 2.46. The van der Waals surface area contributed by atoms with Gasteiger partial charge >= 0.3 is 0 Å². The molecule has 0 aromatic heterocycles. The van der Waals surface area contributed by atoms with Gasteiger partial charge in [-0.1, -0.05) is 80.4 Å². The molecule has 3 aromatic rings. The van der Waals surface area contributed by atoms with E-state index in [2.05, 4.69) is 31.9 Å². The number of Topliss-reactive ketones (excluding diaryl/α,β-unsaturated/α-hetero) is 1. The first kappa shape index (κ1) is 19.6. The molecule has 1 saturated heterocycles. The summed E-state index contributed by atoms with van der Waals surface area (Å²) >= 11 is 6.78. The SMILES string of the molecule is O=C1C(=O)N(c2cccc(Br)c2)C(c2ccccc2)/C1=C(\O)c1ccc(Br)cc1. The largest absolute Gasteiger partial charge is 0.507 e. The minimum Gasteiger partial charge on any atom is -0.507 e. The van der Waals surface area contributed by atoms with Crippen LogP contribution in [0.5, 0.6) is 0 Å². The quantitative estimate of drug-likeness (QED) is 0.272. The monoisotopic (exact) mass is 511 g/mol. The van der Waals surface area contributed by atoms with Gasteiger partial charge in [-0.3, -0.25) is 14.5 Å². The highest BCUT2D eigenvalue weighted by Crippen LogP contribution is 2.42. The van der Waals surface area contributed by atoms with Crippen LogP contribution >= 0.6 is 31.9 Å². The summed E-state index contributed by atoms with van der Waals surface area (Å²) in [6, 6.07) is 22.7. The topological polar surface area (TPSA) is 57.6 Å². The van der Waals surface area contributed by atoms with Crippen LogP contribution in [0.15, 0.2) is 93.4 Å². The van der Waals surface area contributed by atoms with Crippen molar-refractivity contribution >= 4 is 55.0 Å². The molecule has 1 aliphatic rings. The fraction of sp³-hybridized carbons (Fsp3) is 0.0435. The first-order valence-electron chi connectivity index (χ1n) is 8.85. The minimum atomic E-state index is -0.728. The lowest BCUT2D eigenvalue weighted by Gasteiger charge is -2.25. The summed E-state index contributed by atoms with van der Waals surface area (Å²) in [4.78, 5) is 27.5. The molecular formula is C23H15Br2NO3.